The molecular formula is C17H16IN3. The van der Waals surface area contributed by atoms with Gasteiger partial charge in [0.05, 0.1) is 11.6 Å². The largest absolute Gasteiger partial charge is 0.271 e. The standard InChI is InChI=1S/C17H16IN3/c18-15-6-3-12(4-7-15)10-17(21-19)14-5-8-16-13(11-14)2-1-9-20-16/h1-9,11,17,21H,10,19H2. The third-order valence-electron chi connectivity index (χ3n) is 3.58. The number of hydrazine groups is 1. The Balaban J connectivity index is 1.88. The second-order valence-corrected chi connectivity index (χ2v) is 6.25. The van der Waals surface area contributed by atoms with Crippen molar-refractivity contribution in [1.29, 1.82) is 0 Å². The Morgan fingerprint density at radius 3 is 2.67 bits per heavy atom. The zero-order valence-electron chi connectivity index (χ0n) is 11.5. The predicted octanol–water partition coefficient (Wildman–Crippen LogP) is 3.59. The summed E-state index contributed by atoms with van der Waals surface area (Å²) in [6, 6.07) is 18.9. The van der Waals surface area contributed by atoms with Crippen LogP contribution in [0.2, 0.25) is 0 Å². The minimum atomic E-state index is 0.0923. The maximum absolute atomic E-state index is 5.76. The number of halogens is 1. The summed E-state index contributed by atoms with van der Waals surface area (Å²) < 4.78 is 1.24. The normalized spacial score (nSPS) is 12.5. The van der Waals surface area contributed by atoms with Gasteiger partial charge in [0.25, 0.3) is 0 Å². The summed E-state index contributed by atoms with van der Waals surface area (Å²) in [5.41, 5.74) is 6.38. The molecule has 1 atom stereocenters. The molecule has 2 aromatic carbocycles. The molecular weight excluding hydrogens is 373 g/mol. The molecule has 0 bridgehead atoms. The zero-order valence-corrected chi connectivity index (χ0v) is 13.6. The van der Waals surface area contributed by atoms with Gasteiger partial charge in [-0.15, -0.1) is 0 Å². The molecule has 0 saturated heterocycles. The Labute approximate surface area is 137 Å². The fourth-order valence-electron chi connectivity index (χ4n) is 2.44. The van der Waals surface area contributed by atoms with Gasteiger partial charge < -0.3 is 0 Å². The van der Waals surface area contributed by atoms with Crippen LogP contribution in [0.25, 0.3) is 10.9 Å². The first-order valence-electron chi connectivity index (χ1n) is 6.81. The minimum Gasteiger partial charge on any atom is -0.271 e. The van der Waals surface area contributed by atoms with Gasteiger partial charge in [-0.3, -0.25) is 16.3 Å². The highest BCUT2D eigenvalue weighted by Gasteiger charge is 2.11. The van der Waals surface area contributed by atoms with E-state index in [9.17, 15) is 0 Å². The first-order chi connectivity index (χ1) is 10.3. The third-order valence-corrected chi connectivity index (χ3v) is 4.30. The molecule has 1 heterocycles. The number of hydrogen-bond acceptors (Lipinski definition) is 3. The van der Waals surface area contributed by atoms with E-state index in [1.165, 1.54) is 14.7 Å². The van der Waals surface area contributed by atoms with Gasteiger partial charge in [-0.2, -0.15) is 0 Å². The lowest BCUT2D eigenvalue weighted by Crippen LogP contribution is -2.29. The maximum atomic E-state index is 5.76. The first kappa shape index (κ1) is 14.4. The van der Waals surface area contributed by atoms with Gasteiger partial charge in [-0.05, 0) is 70.5 Å². The van der Waals surface area contributed by atoms with Crippen molar-refractivity contribution in [3.8, 4) is 0 Å². The monoisotopic (exact) mass is 389 g/mol. The molecule has 1 unspecified atom stereocenters. The Hall–Kier alpha value is -1.50. The summed E-state index contributed by atoms with van der Waals surface area (Å²) >= 11 is 2.31. The van der Waals surface area contributed by atoms with Crippen LogP contribution in [-0.4, -0.2) is 4.98 Å². The van der Waals surface area contributed by atoms with Crippen LogP contribution in [0.1, 0.15) is 17.2 Å². The van der Waals surface area contributed by atoms with Crippen molar-refractivity contribution in [3.05, 3.63) is 75.5 Å². The first-order valence-corrected chi connectivity index (χ1v) is 7.89. The van der Waals surface area contributed by atoms with Gasteiger partial charge >= 0.3 is 0 Å². The van der Waals surface area contributed by atoms with Gasteiger partial charge in [-0.25, -0.2) is 0 Å². The number of aromatic nitrogens is 1. The molecule has 106 valence electrons. The minimum absolute atomic E-state index is 0.0923. The second kappa shape index (κ2) is 6.51. The summed E-state index contributed by atoms with van der Waals surface area (Å²) in [5.74, 6) is 5.76. The number of hydrogen-bond donors (Lipinski definition) is 2. The molecule has 1 aromatic heterocycles. The summed E-state index contributed by atoms with van der Waals surface area (Å²) in [7, 11) is 0. The number of benzene rings is 2. The molecule has 0 aliphatic rings. The van der Waals surface area contributed by atoms with Crippen molar-refractivity contribution in [1.82, 2.24) is 10.4 Å². The molecule has 0 amide bonds. The van der Waals surface area contributed by atoms with Crippen LogP contribution in [-0.2, 0) is 6.42 Å². The molecule has 3 N–H and O–H groups in total. The lowest BCUT2D eigenvalue weighted by atomic mass is 9.98. The quantitative estimate of drug-likeness (QED) is 0.408. The van der Waals surface area contributed by atoms with Crippen LogP contribution in [0.15, 0.2) is 60.8 Å². The van der Waals surface area contributed by atoms with Crippen LogP contribution in [0.3, 0.4) is 0 Å². The van der Waals surface area contributed by atoms with Crippen molar-refractivity contribution >= 4 is 33.5 Å². The van der Waals surface area contributed by atoms with Crippen LogP contribution in [0.4, 0.5) is 0 Å². The molecule has 3 nitrogen and oxygen atoms in total. The van der Waals surface area contributed by atoms with Gasteiger partial charge in [0.2, 0.25) is 0 Å². The van der Waals surface area contributed by atoms with Crippen molar-refractivity contribution in [2.45, 2.75) is 12.5 Å². The SMILES string of the molecule is NNC(Cc1ccc(I)cc1)c1ccc2ncccc2c1. The lowest BCUT2D eigenvalue weighted by molar-refractivity contribution is 0.552. The van der Waals surface area contributed by atoms with E-state index in [0.717, 1.165) is 17.3 Å². The fraction of sp³-hybridized carbons (Fsp3) is 0.118. The summed E-state index contributed by atoms with van der Waals surface area (Å²) in [6.45, 7) is 0. The highest BCUT2D eigenvalue weighted by atomic mass is 127. The Bertz CT molecular complexity index is 740. The average Bonchev–Trinajstić information content (AvgIpc) is 2.54. The maximum Gasteiger partial charge on any atom is 0.0702 e. The molecule has 0 spiro atoms. The molecule has 0 aliphatic carbocycles. The van der Waals surface area contributed by atoms with Gasteiger partial charge in [-0.1, -0.05) is 24.3 Å². The molecule has 0 aliphatic heterocycles. The van der Waals surface area contributed by atoms with E-state index in [0.29, 0.717) is 0 Å². The number of fused-ring (bicyclic) bond motifs is 1. The molecule has 3 aromatic rings. The summed E-state index contributed by atoms with van der Waals surface area (Å²) in [5, 5.41) is 1.14. The summed E-state index contributed by atoms with van der Waals surface area (Å²) in [4.78, 5) is 4.35. The number of nitrogens with zero attached hydrogens (tertiary/aromatic N) is 1. The van der Waals surface area contributed by atoms with Crippen LogP contribution < -0.4 is 11.3 Å². The van der Waals surface area contributed by atoms with Gasteiger partial charge in [0.15, 0.2) is 0 Å². The molecule has 21 heavy (non-hydrogen) atoms. The Kier molecular flexibility index (Phi) is 4.48. The molecule has 0 saturated carbocycles. The topological polar surface area (TPSA) is 50.9 Å². The number of nitrogens with one attached hydrogen (secondary N) is 1. The fourth-order valence-corrected chi connectivity index (χ4v) is 2.80. The zero-order chi connectivity index (χ0) is 14.7. The van der Waals surface area contributed by atoms with Gasteiger partial charge in [0, 0.05) is 15.2 Å². The number of rotatable bonds is 4. The number of nitrogens with two attached hydrogens (primary N) is 1. The van der Waals surface area contributed by atoms with E-state index < -0.39 is 0 Å². The Morgan fingerprint density at radius 1 is 1.10 bits per heavy atom. The van der Waals surface area contributed by atoms with Crippen molar-refractivity contribution in [2.24, 2.45) is 5.84 Å². The van der Waals surface area contributed by atoms with Gasteiger partial charge in [0.1, 0.15) is 0 Å². The van der Waals surface area contributed by atoms with Crippen molar-refractivity contribution in [3.63, 3.8) is 0 Å². The number of pyridine rings is 1. The van der Waals surface area contributed by atoms with E-state index in [1.807, 2.05) is 18.3 Å². The van der Waals surface area contributed by atoms with E-state index >= 15 is 0 Å². The van der Waals surface area contributed by atoms with E-state index in [2.05, 4.69) is 75.5 Å². The van der Waals surface area contributed by atoms with Crippen LogP contribution >= 0.6 is 22.6 Å². The van der Waals surface area contributed by atoms with Crippen LogP contribution in [0, 0.1) is 3.57 Å². The molecule has 0 fully saturated rings. The van der Waals surface area contributed by atoms with Crippen LogP contribution in [0.5, 0.6) is 0 Å². The molecule has 3 rings (SSSR count). The molecule has 0 radical (unpaired) electrons. The van der Waals surface area contributed by atoms with Crippen molar-refractivity contribution in [2.75, 3.05) is 0 Å². The smallest absolute Gasteiger partial charge is 0.0702 e. The summed E-state index contributed by atoms with van der Waals surface area (Å²) in [6.07, 6.45) is 2.67. The third kappa shape index (κ3) is 3.40. The lowest BCUT2D eigenvalue weighted by Gasteiger charge is -2.17. The Morgan fingerprint density at radius 2 is 1.90 bits per heavy atom. The second-order valence-electron chi connectivity index (χ2n) is 5.01. The van der Waals surface area contributed by atoms with E-state index in [4.69, 9.17) is 5.84 Å². The molecule has 4 heteroatoms. The van der Waals surface area contributed by atoms with E-state index in [1.54, 1.807) is 0 Å². The van der Waals surface area contributed by atoms with Crippen molar-refractivity contribution < 1.29 is 0 Å². The highest BCUT2D eigenvalue weighted by Crippen LogP contribution is 2.22. The average molecular weight is 389 g/mol. The van der Waals surface area contributed by atoms with E-state index in [-0.39, 0.29) is 6.04 Å². The predicted molar refractivity (Wildman–Crippen MR) is 94.7 cm³/mol. The highest BCUT2D eigenvalue weighted by molar-refractivity contribution is 14.1.